The van der Waals surface area contributed by atoms with Crippen LogP contribution in [0.2, 0.25) is 0 Å². The highest BCUT2D eigenvalue weighted by atomic mass is 16.2. The number of piperazine rings is 1. The third-order valence-corrected chi connectivity index (χ3v) is 3.91. The van der Waals surface area contributed by atoms with Crippen molar-refractivity contribution in [3.8, 4) is 6.07 Å². The van der Waals surface area contributed by atoms with E-state index < -0.39 is 0 Å². The molecule has 0 aliphatic carbocycles. The average molecular weight is 327 g/mol. The van der Waals surface area contributed by atoms with Crippen molar-refractivity contribution in [1.29, 1.82) is 5.26 Å². The topological polar surface area (TPSA) is 93.7 Å². The third-order valence-electron chi connectivity index (χ3n) is 3.91. The second-order valence-electron chi connectivity index (χ2n) is 5.73. The fourth-order valence-electron chi connectivity index (χ4n) is 2.42. The maximum absolute atomic E-state index is 12.5. The van der Waals surface area contributed by atoms with Crippen LogP contribution < -0.4 is 10.6 Å². The Labute approximate surface area is 141 Å². The summed E-state index contributed by atoms with van der Waals surface area (Å²) in [5, 5.41) is 9.37. The van der Waals surface area contributed by atoms with Gasteiger partial charge in [0.15, 0.2) is 0 Å². The number of rotatable bonds is 3. The standard InChI is InChI=1S/C17H21N5O2/c1-13(23)22(16-5-3-15(19)4-6-16)12-14(11-18)17(24)21-9-7-20(2)8-10-21/h3-6,12H,7-10,19H2,1-2H3/b14-12-. The lowest BCUT2D eigenvalue weighted by Crippen LogP contribution is -2.47. The Morgan fingerprint density at radius 2 is 1.79 bits per heavy atom. The van der Waals surface area contributed by atoms with Crippen molar-refractivity contribution in [1.82, 2.24) is 9.80 Å². The number of amides is 2. The lowest BCUT2D eigenvalue weighted by molar-refractivity contribution is -0.128. The van der Waals surface area contributed by atoms with E-state index in [0.717, 1.165) is 13.1 Å². The molecule has 0 unspecified atom stereocenters. The Morgan fingerprint density at radius 3 is 2.29 bits per heavy atom. The summed E-state index contributed by atoms with van der Waals surface area (Å²) < 4.78 is 0. The summed E-state index contributed by atoms with van der Waals surface area (Å²) in [7, 11) is 1.99. The van der Waals surface area contributed by atoms with E-state index in [1.54, 1.807) is 29.2 Å². The molecule has 7 nitrogen and oxygen atoms in total. The molecular weight excluding hydrogens is 306 g/mol. The van der Waals surface area contributed by atoms with Gasteiger partial charge in [-0.2, -0.15) is 5.26 Å². The van der Waals surface area contributed by atoms with Gasteiger partial charge in [0.2, 0.25) is 5.91 Å². The van der Waals surface area contributed by atoms with Gasteiger partial charge in [0.1, 0.15) is 11.6 Å². The number of hydrogen-bond acceptors (Lipinski definition) is 5. The molecule has 24 heavy (non-hydrogen) atoms. The fourth-order valence-corrected chi connectivity index (χ4v) is 2.42. The molecule has 0 saturated carbocycles. The molecule has 1 fully saturated rings. The van der Waals surface area contributed by atoms with Gasteiger partial charge in [0, 0.05) is 50.7 Å². The van der Waals surface area contributed by atoms with Crippen molar-refractivity contribution in [2.45, 2.75) is 6.92 Å². The molecule has 1 saturated heterocycles. The first kappa shape index (κ1) is 17.5. The van der Waals surface area contributed by atoms with Gasteiger partial charge in [-0.05, 0) is 31.3 Å². The van der Waals surface area contributed by atoms with Gasteiger partial charge in [0.25, 0.3) is 5.91 Å². The van der Waals surface area contributed by atoms with Crippen LogP contribution in [0.4, 0.5) is 11.4 Å². The Morgan fingerprint density at radius 1 is 1.21 bits per heavy atom. The van der Waals surface area contributed by atoms with Crippen molar-refractivity contribution >= 4 is 23.2 Å². The summed E-state index contributed by atoms with van der Waals surface area (Å²) in [6.45, 7) is 4.03. The summed E-state index contributed by atoms with van der Waals surface area (Å²) in [5.41, 5.74) is 6.71. The van der Waals surface area contributed by atoms with Crippen molar-refractivity contribution < 1.29 is 9.59 Å². The lowest BCUT2D eigenvalue weighted by Gasteiger charge is -2.32. The van der Waals surface area contributed by atoms with Crippen LogP contribution in [0.1, 0.15) is 6.92 Å². The number of nitriles is 1. The highest BCUT2D eigenvalue weighted by Gasteiger charge is 2.23. The molecule has 1 aromatic carbocycles. The van der Waals surface area contributed by atoms with Crippen LogP contribution in [0.25, 0.3) is 0 Å². The molecule has 0 atom stereocenters. The number of anilines is 2. The zero-order valence-corrected chi connectivity index (χ0v) is 13.9. The van der Waals surface area contributed by atoms with Gasteiger partial charge in [-0.15, -0.1) is 0 Å². The van der Waals surface area contributed by atoms with E-state index in [4.69, 9.17) is 5.73 Å². The van der Waals surface area contributed by atoms with Gasteiger partial charge >= 0.3 is 0 Å². The molecule has 7 heteroatoms. The van der Waals surface area contributed by atoms with Crippen LogP contribution in [-0.2, 0) is 9.59 Å². The maximum Gasteiger partial charge on any atom is 0.266 e. The van der Waals surface area contributed by atoms with Crippen LogP contribution in [0.3, 0.4) is 0 Å². The number of carbonyl (C=O) groups is 2. The van der Waals surface area contributed by atoms with Crippen LogP contribution in [0.5, 0.6) is 0 Å². The molecule has 0 aromatic heterocycles. The number of carbonyl (C=O) groups excluding carboxylic acids is 2. The molecule has 2 N–H and O–H groups in total. The Kier molecular flexibility index (Phi) is 5.55. The van der Waals surface area contributed by atoms with E-state index in [-0.39, 0.29) is 17.4 Å². The van der Waals surface area contributed by atoms with Crippen LogP contribution in [0, 0.1) is 11.3 Å². The molecule has 0 spiro atoms. The smallest absolute Gasteiger partial charge is 0.266 e. The Hall–Kier alpha value is -2.85. The quantitative estimate of drug-likeness (QED) is 0.503. The molecule has 126 valence electrons. The predicted octanol–water partition coefficient (Wildman–Crippen LogP) is 0.803. The Bertz CT molecular complexity index is 682. The zero-order chi connectivity index (χ0) is 17.7. The maximum atomic E-state index is 12.5. The van der Waals surface area contributed by atoms with E-state index in [0.29, 0.717) is 24.5 Å². The lowest BCUT2D eigenvalue weighted by atomic mass is 10.2. The minimum atomic E-state index is -0.354. The second-order valence-corrected chi connectivity index (χ2v) is 5.73. The molecule has 2 rings (SSSR count). The minimum Gasteiger partial charge on any atom is -0.399 e. The first-order valence-electron chi connectivity index (χ1n) is 7.67. The number of benzene rings is 1. The van der Waals surface area contributed by atoms with Crippen molar-refractivity contribution in [3.05, 3.63) is 36.0 Å². The highest BCUT2D eigenvalue weighted by Crippen LogP contribution is 2.18. The van der Waals surface area contributed by atoms with E-state index in [9.17, 15) is 14.9 Å². The summed E-state index contributed by atoms with van der Waals surface area (Å²) in [6, 6.07) is 8.57. The van der Waals surface area contributed by atoms with E-state index >= 15 is 0 Å². The summed E-state index contributed by atoms with van der Waals surface area (Å²) in [6.07, 6.45) is 1.30. The number of hydrogen-bond donors (Lipinski definition) is 1. The number of nitrogen functional groups attached to an aromatic ring is 1. The van der Waals surface area contributed by atoms with Crippen molar-refractivity contribution in [3.63, 3.8) is 0 Å². The van der Waals surface area contributed by atoms with Gasteiger partial charge in [-0.25, -0.2) is 0 Å². The van der Waals surface area contributed by atoms with Crippen molar-refractivity contribution in [2.24, 2.45) is 0 Å². The predicted molar refractivity (Wildman–Crippen MR) is 91.8 cm³/mol. The van der Waals surface area contributed by atoms with Gasteiger partial charge in [-0.1, -0.05) is 0 Å². The van der Waals surface area contributed by atoms with Crippen LogP contribution >= 0.6 is 0 Å². The largest absolute Gasteiger partial charge is 0.399 e. The zero-order valence-electron chi connectivity index (χ0n) is 13.9. The number of likely N-dealkylation sites (N-methyl/N-ethyl adjacent to an activating group) is 1. The first-order chi connectivity index (χ1) is 11.4. The van der Waals surface area contributed by atoms with Gasteiger partial charge in [0.05, 0.1) is 0 Å². The normalized spacial score (nSPS) is 15.7. The number of nitrogens with zero attached hydrogens (tertiary/aromatic N) is 4. The first-order valence-corrected chi connectivity index (χ1v) is 7.67. The minimum absolute atomic E-state index is 0.0634. The second kappa shape index (κ2) is 7.62. The van der Waals surface area contributed by atoms with Crippen LogP contribution in [-0.4, -0.2) is 54.8 Å². The van der Waals surface area contributed by atoms with Gasteiger partial charge < -0.3 is 15.5 Å². The monoisotopic (exact) mass is 327 g/mol. The molecular formula is C17H21N5O2. The highest BCUT2D eigenvalue weighted by molar-refractivity contribution is 6.01. The third kappa shape index (κ3) is 4.12. The van der Waals surface area contributed by atoms with Crippen LogP contribution in [0.15, 0.2) is 36.0 Å². The average Bonchev–Trinajstić information content (AvgIpc) is 2.57. The van der Waals surface area contributed by atoms with E-state index in [1.807, 2.05) is 13.1 Å². The molecule has 1 aliphatic rings. The fraction of sp³-hybridized carbons (Fsp3) is 0.353. The molecule has 2 amide bonds. The molecule has 1 aromatic rings. The summed E-state index contributed by atoms with van der Waals surface area (Å²) in [5.74, 6) is -0.647. The number of nitrogens with two attached hydrogens (primary N) is 1. The SMILES string of the molecule is CC(=O)N(/C=C(/C#N)C(=O)N1CCN(C)CC1)c1ccc(N)cc1. The molecule has 0 radical (unpaired) electrons. The molecule has 1 heterocycles. The van der Waals surface area contributed by atoms with E-state index in [1.165, 1.54) is 18.0 Å². The van der Waals surface area contributed by atoms with Crippen molar-refractivity contribution in [2.75, 3.05) is 43.9 Å². The summed E-state index contributed by atoms with van der Waals surface area (Å²) in [4.78, 5) is 29.5. The Balaban J connectivity index is 2.25. The molecule has 0 bridgehead atoms. The summed E-state index contributed by atoms with van der Waals surface area (Å²) >= 11 is 0. The van der Waals surface area contributed by atoms with Gasteiger partial charge in [-0.3, -0.25) is 14.5 Å². The molecule has 1 aliphatic heterocycles. The van der Waals surface area contributed by atoms with E-state index in [2.05, 4.69) is 4.90 Å².